The first kappa shape index (κ1) is 18.8. The summed E-state index contributed by atoms with van der Waals surface area (Å²) in [6, 6.07) is 21.5. The second-order valence-electron chi connectivity index (χ2n) is 7.33. The minimum Gasteiger partial charge on any atom is -0.295 e. The Bertz CT molecular complexity index is 1230. The summed E-state index contributed by atoms with van der Waals surface area (Å²) in [4.78, 5) is 15.2. The van der Waals surface area contributed by atoms with Crippen molar-refractivity contribution in [3.8, 4) is 11.3 Å². The minimum atomic E-state index is -0.409. The summed E-state index contributed by atoms with van der Waals surface area (Å²) in [5.41, 5.74) is 5.60. The van der Waals surface area contributed by atoms with E-state index in [2.05, 4.69) is 26.1 Å². The zero-order chi connectivity index (χ0) is 20.8. The van der Waals surface area contributed by atoms with Crippen LogP contribution in [0, 0.1) is 12.7 Å². The number of aromatic amines is 1. The molecule has 1 amide bonds. The number of carbonyl (C=O) groups is 1. The van der Waals surface area contributed by atoms with Gasteiger partial charge in [0.25, 0.3) is 5.91 Å². The van der Waals surface area contributed by atoms with Crippen molar-refractivity contribution in [1.82, 2.24) is 10.2 Å². The number of anilines is 1. The number of fused-ring (bicyclic) bond motifs is 1. The number of halogens is 2. The van der Waals surface area contributed by atoms with Crippen LogP contribution in [-0.2, 0) is 0 Å². The highest BCUT2D eigenvalue weighted by Gasteiger charge is 2.43. The van der Waals surface area contributed by atoms with Crippen molar-refractivity contribution >= 4 is 27.5 Å². The van der Waals surface area contributed by atoms with Gasteiger partial charge >= 0.3 is 0 Å². The van der Waals surface area contributed by atoms with Crippen LogP contribution in [0.3, 0.4) is 0 Å². The van der Waals surface area contributed by atoms with Gasteiger partial charge in [-0.3, -0.25) is 14.8 Å². The summed E-state index contributed by atoms with van der Waals surface area (Å²) in [5, 5.41) is 7.41. The smallest absolute Gasteiger partial charge is 0.277 e. The lowest BCUT2D eigenvalue weighted by Crippen LogP contribution is -2.29. The monoisotopic (exact) mass is 461 g/mol. The van der Waals surface area contributed by atoms with Gasteiger partial charge < -0.3 is 0 Å². The van der Waals surface area contributed by atoms with Crippen LogP contribution in [0.1, 0.15) is 33.2 Å². The molecule has 0 unspecified atom stereocenters. The summed E-state index contributed by atoms with van der Waals surface area (Å²) in [5.74, 6) is -0.468. The molecule has 148 valence electrons. The molecule has 0 spiro atoms. The van der Waals surface area contributed by atoms with E-state index in [0.29, 0.717) is 5.69 Å². The van der Waals surface area contributed by atoms with Gasteiger partial charge in [-0.15, -0.1) is 0 Å². The van der Waals surface area contributed by atoms with Crippen molar-refractivity contribution in [2.24, 2.45) is 0 Å². The third-order valence-electron chi connectivity index (χ3n) is 5.38. The topological polar surface area (TPSA) is 49.0 Å². The average Bonchev–Trinajstić information content (AvgIpc) is 3.29. The van der Waals surface area contributed by atoms with E-state index in [1.165, 1.54) is 12.1 Å². The maximum atomic E-state index is 13.6. The number of nitrogens with zero attached hydrogens (tertiary/aromatic N) is 2. The predicted molar refractivity (Wildman–Crippen MR) is 118 cm³/mol. The lowest BCUT2D eigenvalue weighted by Gasteiger charge is -2.26. The molecule has 30 heavy (non-hydrogen) atoms. The standard InChI is InChI=1S/C24H17BrFN3O/c1-14-2-12-19(13-3-14)29-23(16-6-10-18(26)11-7-16)20-21(27-28-22(20)24(29)30)15-4-8-17(25)9-5-15/h2-13,23H,1H3,(H,27,28)/t23-/m0/s1. The second kappa shape index (κ2) is 7.22. The Morgan fingerprint density at radius 2 is 1.63 bits per heavy atom. The lowest BCUT2D eigenvalue weighted by molar-refractivity contribution is 0.0989. The van der Waals surface area contributed by atoms with Crippen LogP contribution in [0.25, 0.3) is 11.3 Å². The molecule has 5 rings (SSSR count). The fraction of sp³-hybridized carbons (Fsp3) is 0.0833. The Morgan fingerprint density at radius 1 is 0.967 bits per heavy atom. The number of rotatable bonds is 3. The zero-order valence-corrected chi connectivity index (χ0v) is 17.7. The van der Waals surface area contributed by atoms with Gasteiger partial charge in [0.1, 0.15) is 11.5 Å². The van der Waals surface area contributed by atoms with Crippen molar-refractivity contribution in [2.75, 3.05) is 4.90 Å². The number of aryl methyl sites for hydroxylation is 1. The Morgan fingerprint density at radius 3 is 2.30 bits per heavy atom. The fourth-order valence-corrected chi connectivity index (χ4v) is 4.17. The van der Waals surface area contributed by atoms with E-state index in [9.17, 15) is 9.18 Å². The van der Waals surface area contributed by atoms with Crippen molar-refractivity contribution in [2.45, 2.75) is 13.0 Å². The Labute approximate surface area is 181 Å². The van der Waals surface area contributed by atoms with Gasteiger partial charge in [-0.2, -0.15) is 5.10 Å². The van der Waals surface area contributed by atoms with Crippen LogP contribution in [0.15, 0.2) is 77.3 Å². The lowest BCUT2D eigenvalue weighted by atomic mass is 9.96. The highest BCUT2D eigenvalue weighted by molar-refractivity contribution is 9.10. The normalized spacial score (nSPS) is 15.5. The highest BCUT2D eigenvalue weighted by Crippen LogP contribution is 2.45. The van der Waals surface area contributed by atoms with Gasteiger partial charge in [0.05, 0.1) is 11.7 Å². The molecule has 0 saturated heterocycles. The summed E-state index contributed by atoms with van der Waals surface area (Å²) in [6.45, 7) is 2.01. The van der Waals surface area contributed by atoms with E-state index in [4.69, 9.17) is 0 Å². The van der Waals surface area contributed by atoms with Gasteiger partial charge in [0.15, 0.2) is 0 Å². The third-order valence-corrected chi connectivity index (χ3v) is 5.91. The quantitative estimate of drug-likeness (QED) is 0.404. The average molecular weight is 462 g/mol. The highest BCUT2D eigenvalue weighted by atomic mass is 79.9. The zero-order valence-electron chi connectivity index (χ0n) is 16.1. The molecule has 0 saturated carbocycles. The van der Waals surface area contributed by atoms with Crippen LogP contribution in [0.5, 0.6) is 0 Å². The number of amides is 1. The van der Waals surface area contributed by atoms with Crippen LogP contribution in [0.4, 0.5) is 10.1 Å². The predicted octanol–water partition coefficient (Wildman–Crippen LogP) is 6.04. The first-order valence-corrected chi connectivity index (χ1v) is 10.3. The molecule has 4 aromatic rings. The van der Waals surface area contributed by atoms with Crippen molar-refractivity contribution in [3.05, 3.63) is 105 Å². The molecular formula is C24H17BrFN3O. The number of nitrogens with one attached hydrogen (secondary N) is 1. The van der Waals surface area contributed by atoms with E-state index in [1.807, 2.05) is 55.5 Å². The second-order valence-corrected chi connectivity index (χ2v) is 8.25. The third kappa shape index (κ3) is 3.04. The van der Waals surface area contributed by atoms with Gasteiger partial charge in [-0.25, -0.2) is 4.39 Å². The molecule has 1 atom stereocenters. The Kier molecular flexibility index (Phi) is 4.51. The molecule has 1 aliphatic heterocycles. The van der Waals surface area contributed by atoms with Gasteiger partial charge in [0.2, 0.25) is 0 Å². The van der Waals surface area contributed by atoms with E-state index >= 15 is 0 Å². The number of benzene rings is 3. The van der Waals surface area contributed by atoms with Crippen molar-refractivity contribution in [1.29, 1.82) is 0 Å². The van der Waals surface area contributed by atoms with Crippen LogP contribution in [0.2, 0.25) is 0 Å². The molecule has 1 aliphatic rings. The number of aromatic nitrogens is 2. The summed E-state index contributed by atoms with van der Waals surface area (Å²) in [7, 11) is 0. The summed E-state index contributed by atoms with van der Waals surface area (Å²) >= 11 is 3.46. The van der Waals surface area contributed by atoms with E-state index in [-0.39, 0.29) is 11.7 Å². The van der Waals surface area contributed by atoms with Gasteiger partial charge in [-0.1, -0.05) is 57.9 Å². The molecule has 0 aliphatic carbocycles. The summed E-state index contributed by atoms with van der Waals surface area (Å²) in [6.07, 6.45) is 0. The van der Waals surface area contributed by atoms with E-state index in [1.54, 1.807) is 17.0 Å². The minimum absolute atomic E-state index is 0.154. The van der Waals surface area contributed by atoms with Crippen LogP contribution >= 0.6 is 15.9 Å². The maximum absolute atomic E-state index is 13.6. The molecule has 0 radical (unpaired) electrons. The van der Waals surface area contributed by atoms with E-state index < -0.39 is 6.04 Å². The maximum Gasteiger partial charge on any atom is 0.277 e. The Balaban J connectivity index is 1.71. The molecule has 1 aromatic heterocycles. The van der Waals surface area contributed by atoms with Gasteiger partial charge in [0, 0.05) is 21.3 Å². The fourth-order valence-electron chi connectivity index (χ4n) is 3.91. The van der Waals surface area contributed by atoms with Gasteiger partial charge in [-0.05, 0) is 48.9 Å². The number of carbonyl (C=O) groups excluding carboxylic acids is 1. The van der Waals surface area contributed by atoms with Crippen molar-refractivity contribution < 1.29 is 9.18 Å². The molecule has 0 fully saturated rings. The van der Waals surface area contributed by atoms with Crippen molar-refractivity contribution in [3.63, 3.8) is 0 Å². The molecular weight excluding hydrogens is 445 g/mol. The first-order chi connectivity index (χ1) is 14.5. The number of hydrogen-bond donors (Lipinski definition) is 1. The Hall–Kier alpha value is -3.25. The molecule has 6 heteroatoms. The summed E-state index contributed by atoms with van der Waals surface area (Å²) < 4.78 is 14.6. The largest absolute Gasteiger partial charge is 0.295 e. The van der Waals surface area contributed by atoms with E-state index in [0.717, 1.165) is 38.1 Å². The molecule has 0 bridgehead atoms. The SMILES string of the molecule is Cc1ccc(N2C(=O)c3[nH]nc(-c4ccc(Br)cc4)c3[C@@H]2c2ccc(F)cc2)cc1. The van der Waals surface area contributed by atoms with Crippen LogP contribution in [-0.4, -0.2) is 16.1 Å². The van der Waals surface area contributed by atoms with Crippen LogP contribution < -0.4 is 4.90 Å². The first-order valence-electron chi connectivity index (χ1n) is 9.53. The molecule has 2 heterocycles. The number of H-pyrrole nitrogens is 1. The molecule has 4 nitrogen and oxygen atoms in total. The number of hydrogen-bond acceptors (Lipinski definition) is 2. The molecule has 3 aromatic carbocycles. The molecule has 1 N–H and O–H groups in total.